The van der Waals surface area contributed by atoms with Crippen molar-refractivity contribution in [2.75, 3.05) is 32.8 Å². The second-order valence-electron chi connectivity index (χ2n) is 5.72. The molecule has 0 aliphatic carbocycles. The van der Waals surface area contributed by atoms with Crippen LogP contribution in [0, 0.1) is 5.82 Å². The van der Waals surface area contributed by atoms with E-state index in [-0.39, 0.29) is 17.8 Å². The maximum atomic E-state index is 13.2. The highest BCUT2D eigenvalue weighted by atomic mass is 19.1. The summed E-state index contributed by atoms with van der Waals surface area (Å²) in [6.07, 6.45) is 3.36. The Morgan fingerprint density at radius 2 is 1.75 bits per heavy atom. The average molecular weight is 329 g/mol. The van der Waals surface area contributed by atoms with Crippen molar-refractivity contribution < 1.29 is 13.9 Å². The van der Waals surface area contributed by atoms with Crippen LogP contribution in [0.1, 0.15) is 17.2 Å². The van der Waals surface area contributed by atoms with E-state index in [1.165, 1.54) is 12.1 Å². The van der Waals surface area contributed by atoms with Gasteiger partial charge in [-0.3, -0.25) is 14.7 Å². The van der Waals surface area contributed by atoms with Crippen molar-refractivity contribution >= 4 is 5.91 Å². The van der Waals surface area contributed by atoms with Crippen LogP contribution in [0.2, 0.25) is 0 Å². The van der Waals surface area contributed by atoms with E-state index in [1.807, 2.05) is 12.1 Å². The second kappa shape index (κ2) is 7.99. The summed E-state index contributed by atoms with van der Waals surface area (Å²) in [4.78, 5) is 18.5. The van der Waals surface area contributed by atoms with Gasteiger partial charge in [0.15, 0.2) is 0 Å². The molecule has 0 radical (unpaired) electrons. The largest absolute Gasteiger partial charge is 0.379 e. The van der Waals surface area contributed by atoms with Gasteiger partial charge in [-0.15, -0.1) is 0 Å². The molecule has 1 atom stereocenters. The number of hydrogen-bond donors (Lipinski definition) is 1. The molecule has 24 heavy (non-hydrogen) atoms. The Morgan fingerprint density at radius 1 is 1.12 bits per heavy atom. The van der Waals surface area contributed by atoms with Crippen LogP contribution in [0.15, 0.2) is 48.8 Å². The summed E-state index contributed by atoms with van der Waals surface area (Å²) >= 11 is 0. The van der Waals surface area contributed by atoms with Gasteiger partial charge in [0.25, 0.3) is 0 Å². The molecule has 0 bridgehead atoms. The van der Waals surface area contributed by atoms with Gasteiger partial charge in [-0.25, -0.2) is 4.39 Å². The molecule has 2 heterocycles. The molecular weight excluding hydrogens is 309 g/mol. The molecule has 1 unspecified atom stereocenters. The Bertz CT molecular complexity index is 658. The predicted octanol–water partition coefficient (Wildman–Crippen LogP) is 1.76. The molecular formula is C18H20FN3O2. The Balaban J connectivity index is 1.74. The van der Waals surface area contributed by atoms with Crippen molar-refractivity contribution in [2.24, 2.45) is 0 Å². The highest BCUT2D eigenvalue weighted by Crippen LogP contribution is 2.21. The van der Waals surface area contributed by atoms with Crippen LogP contribution >= 0.6 is 0 Å². The van der Waals surface area contributed by atoms with Crippen molar-refractivity contribution in [2.45, 2.75) is 6.04 Å². The number of pyridine rings is 1. The summed E-state index contributed by atoms with van der Waals surface area (Å²) in [6, 6.07) is 9.55. The molecule has 0 saturated carbocycles. The molecule has 1 fully saturated rings. The summed E-state index contributed by atoms with van der Waals surface area (Å²) in [7, 11) is 0. The SMILES string of the molecule is O=C(CN1CCOCC1)NC(c1ccncc1)c1ccc(F)cc1. The lowest BCUT2D eigenvalue weighted by Crippen LogP contribution is -2.44. The lowest BCUT2D eigenvalue weighted by atomic mass is 9.99. The zero-order chi connectivity index (χ0) is 16.8. The molecule has 1 aliphatic heterocycles. The molecule has 3 rings (SSSR count). The predicted molar refractivity (Wildman–Crippen MR) is 87.9 cm³/mol. The topological polar surface area (TPSA) is 54.5 Å². The van der Waals surface area contributed by atoms with E-state index in [4.69, 9.17) is 4.74 Å². The van der Waals surface area contributed by atoms with E-state index in [0.29, 0.717) is 19.8 Å². The minimum absolute atomic E-state index is 0.0666. The van der Waals surface area contributed by atoms with Crippen molar-refractivity contribution in [3.05, 3.63) is 65.7 Å². The van der Waals surface area contributed by atoms with Gasteiger partial charge in [-0.1, -0.05) is 12.1 Å². The van der Waals surface area contributed by atoms with Crippen molar-refractivity contribution in [1.82, 2.24) is 15.2 Å². The average Bonchev–Trinajstić information content (AvgIpc) is 2.62. The first-order valence-corrected chi connectivity index (χ1v) is 7.97. The van der Waals surface area contributed by atoms with Crippen molar-refractivity contribution in [3.8, 4) is 0 Å². The third-order valence-corrected chi connectivity index (χ3v) is 4.02. The van der Waals surface area contributed by atoms with E-state index in [0.717, 1.165) is 24.2 Å². The van der Waals surface area contributed by atoms with Crippen LogP contribution in [-0.4, -0.2) is 48.6 Å². The molecule has 1 saturated heterocycles. The Hall–Kier alpha value is -2.31. The molecule has 1 aromatic carbocycles. The monoisotopic (exact) mass is 329 g/mol. The normalized spacial score (nSPS) is 16.5. The number of rotatable bonds is 5. The molecule has 1 N–H and O–H groups in total. The number of aromatic nitrogens is 1. The number of ether oxygens (including phenoxy) is 1. The Labute approximate surface area is 140 Å². The third kappa shape index (κ3) is 4.37. The highest BCUT2D eigenvalue weighted by molar-refractivity contribution is 5.79. The number of amides is 1. The highest BCUT2D eigenvalue weighted by Gasteiger charge is 2.20. The van der Waals surface area contributed by atoms with E-state index < -0.39 is 0 Å². The van der Waals surface area contributed by atoms with Gasteiger partial charge in [-0.2, -0.15) is 0 Å². The first-order valence-electron chi connectivity index (χ1n) is 7.97. The molecule has 5 nitrogen and oxygen atoms in total. The van der Waals surface area contributed by atoms with Gasteiger partial charge in [-0.05, 0) is 35.4 Å². The molecule has 2 aromatic rings. The molecule has 6 heteroatoms. The molecule has 1 aromatic heterocycles. The summed E-state index contributed by atoms with van der Waals surface area (Å²) in [5, 5.41) is 3.04. The number of benzene rings is 1. The summed E-state index contributed by atoms with van der Waals surface area (Å²) in [5.74, 6) is -0.366. The fraction of sp³-hybridized carbons (Fsp3) is 0.333. The molecule has 1 aliphatic rings. The molecule has 1 amide bonds. The minimum Gasteiger partial charge on any atom is -0.379 e. The van der Waals surface area contributed by atoms with E-state index in [2.05, 4.69) is 15.2 Å². The Kier molecular flexibility index (Phi) is 5.51. The number of nitrogens with zero attached hydrogens (tertiary/aromatic N) is 2. The van der Waals surface area contributed by atoms with Crippen LogP contribution < -0.4 is 5.32 Å². The number of nitrogens with one attached hydrogen (secondary N) is 1. The van der Waals surface area contributed by atoms with Crippen LogP contribution in [0.3, 0.4) is 0 Å². The van der Waals surface area contributed by atoms with Crippen LogP contribution in [0.5, 0.6) is 0 Å². The lowest BCUT2D eigenvalue weighted by Gasteiger charge is -2.27. The summed E-state index contributed by atoms with van der Waals surface area (Å²) in [6.45, 7) is 3.14. The van der Waals surface area contributed by atoms with Crippen LogP contribution in [0.4, 0.5) is 4.39 Å². The fourth-order valence-electron chi connectivity index (χ4n) is 2.74. The van der Waals surface area contributed by atoms with Crippen LogP contribution in [-0.2, 0) is 9.53 Å². The smallest absolute Gasteiger partial charge is 0.234 e. The zero-order valence-corrected chi connectivity index (χ0v) is 13.3. The first kappa shape index (κ1) is 16.5. The van der Waals surface area contributed by atoms with E-state index in [9.17, 15) is 9.18 Å². The molecule has 126 valence electrons. The van der Waals surface area contributed by atoms with Gasteiger partial charge < -0.3 is 10.1 Å². The fourth-order valence-corrected chi connectivity index (χ4v) is 2.74. The van der Waals surface area contributed by atoms with E-state index in [1.54, 1.807) is 24.5 Å². The second-order valence-corrected chi connectivity index (χ2v) is 5.72. The minimum atomic E-state index is -0.331. The maximum absolute atomic E-state index is 13.2. The lowest BCUT2D eigenvalue weighted by molar-refractivity contribution is -0.123. The zero-order valence-electron chi connectivity index (χ0n) is 13.3. The van der Waals surface area contributed by atoms with Crippen molar-refractivity contribution in [3.63, 3.8) is 0 Å². The maximum Gasteiger partial charge on any atom is 0.234 e. The number of halogens is 1. The number of carbonyl (C=O) groups is 1. The standard InChI is InChI=1S/C18H20FN3O2/c19-16-3-1-14(2-4-16)18(15-5-7-20-8-6-15)21-17(23)13-22-9-11-24-12-10-22/h1-8,18H,9-13H2,(H,21,23). The number of carbonyl (C=O) groups excluding carboxylic acids is 1. The summed E-state index contributed by atoms with van der Waals surface area (Å²) < 4.78 is 18.5. The summed E-state index contributed by atoms with van der Waals surface area (Å²) in [5.41, 5.74) is 1.74. The Morgan fingerprint density at radius 3 is 2.42 bits per heavy atom. The van der Waals surface area contributed by atoms with Gasteiger partial charge >= 0.3 is 0 Å². The first-order chi connectivity index (χ1) is 11.7. The van der Waals surface area contributed by atoms with Crippen LogP contribution in [0.25, 0.3) is 0 Å². The van der Waals surface area contributed by atoms with Gasteiger partial charge in [0.05, 0.1) is 25.8 Å². The van der Waals surface area contributed by atoms with E-state index >= 15 is 0 Å². The van der Waals surface area contributed by atoms with Gasteiger partial charge in [0.1, 0.15) is 5.82 Å². The third-order valence-electron chi connectivity index (χ3n) is 4.02. The molecule has 0 spiro atoms. The van der Waals surface area contributed by atoms with Crippen molar-refractivity contribution in [1.29, 1.82) is 0 Å². The van der Waals surface area contributed by atoms with Gasteiger partial charge in [0, 0.05) is 25.5 Å². The number of morpholine rings is 1. The quantitative estimate of drug-likeness (QED) is 0.908. The van der Waals surface area contributed by atoms with Gasteiger partial charge in [0.2, 0.25) is 5.91 Å². The number of hydrogen-bond acceptors (Lipinski definition) is 4.